The SMILES string of the molecule is CCCn1c(=NC(=O)c2cccc([N+](=O)[O-])c2)c(C#N)cc2c(=O)n3cccc(C)c3nc21. The lowest BCUT2D eigenvalue weighted by atomic mass is 10.2. The molecule has 1 amide bonds. The molecule has 0 aliphatic rings. The Morgan fingerprint density at radius 2 is 2.03 bits per heavy atom. The van der Waals surface area contributed by atoms with Crippen LogP contribution in [0.1, 0.15) is 34.8 Å². The van der Waals surface area contributed by atoms with Crippen LogP contribution >= 0.6 is 0 Å². The fraction of sp³-hybridized carbons (Fsp3) is 0.174. The minimum atomic E-state index is -0.743. The number of nitriles is 1. The molecule has 164 valence electrons. The van der Waals surface area contributed by atoms with E-state index in [0.717, 1.165) is 11.6 Å². The van der Waals surface area contributed by atoms with Crippen molar-refractivity contribution in [3.05, 3.63) is 91.3 Å². The quantitative estimate of drug-likeness (QED) is 0.271. The molecule has 0 saturated heterocycles. The highest BCUT2D eigenvalue weighted by Gasteiger charge is 2.17. The summed E-state index contributed by atoms with van der Waals surface area (Å²) in [4.78, 5) is 45.3. The van der Waals surface area contributed by atoms with E-state index in [1.165, 1.54) is 28.7 Å². The summed E-state index contributed by atoms with van der Waals surface area (Å²) in [6, 6.07) is 12.2. The summed E-state index contributed by atoms with van der Waals surface area (Å²) in [6.45, 7) is 4.09. The van der Waals surface area contributed by atoms with Crippen molar-refractivity contribution in [1.29, 1.82) is 5.26 Å². The van der Waals surface area contributed by atoms with Crippen LogP contribution in [0.3, 0.4) is 0 Å². The van der Waals surface area contributed by atoms with Crippen LogP contribution in [0.15, 0.2) is 58.4 Å². The van der Waals surface area contributed by atoms with E-state index >= 15 is 0 Å². The zero-order chi connectivity index (χ0) is 23.7. The molecule has 0 spiro atoms. The Balaban J connectivity index is 2.07. The molecule has 4 aromatic rings. The van der Waals surface area contributed by atoms with Gasteiger partial charge in [0.25, 0.3) is 17.2 Å². The molecule has 4 rings (SSSR count). The van der Waals surface area contributed by atoms with E-state index in [1.54, 1.807) is 16.8 Å². The molecular formula is C23H18N6O4. The Hall–Kier alpha value is -4.65. The number of nitro benzene ring substituents is 1. The number of benzene rings is 1. The Morgan fingerprint density at radius 1 is 1.24 bits per heavy atom. The average molecular weight is 442 g/mol. The van der Waals surface area contributed by atoms with Crippen molar-refractivity contribution in [2.24, 2.45) is 4.99 Å². The Kier molecular flexibility index (Phi) is 5.54. The number of aromatic nitrogens is 3. The lowest BCUT2D eigenvalue weighted by molar-refractivity contribution is -0.384. The zero-order valence-electron chi connectivity index (χ0n) is 17.8. The van der Waals surface area contributed by atoms with Crippen LogP contribution in [0.2, 0.25) is 0 Å². The third kappa shape index (κ3) is 3.76. The number of carbonyl (C=O) groups excluding carboxylic acids is 1. The molecule has 1 aromatic carbocycles. The van der Waals surface area contributed by atoms with Crippen LogP contribution in [0.4, 0.5) is 5.69 Å². The number of non-ortho nitro benzene ring substituents is 1. The van der Waals surface area contributed by atoms with Gasteiger partial charge in [-0.2, -0.15) is 10.3 Å². The number of hydrogen-bond donors (Lipinski definition) is 0. The highest BCUT2D eigenvalue weighted by atomic mass is 16.6. The topological polar surface area (TPSA) is 136 Å². The van der Waals surface area contributed by atoms with Crippen molar-refractivity contribution in [3.8, 4) is 6.07 Å². The van der Waals surface area contributed by atoms with E-state index in [0.29, 0.717) is 24.3 Å². The van der Waals surface area contributed by atoms with Crippen molar-refractivity contribution in [2.45, 2.75) is 26.8 Å². The molecule has 0 unspecified atom stereocenters. The van der Waals surface area contributed by atoms with Gasteiger partial charge in [0, 0.05) is 30.4 Å². The van der Waals surface area contributed by atoms with Gasteiger partial charge >= 0.3 is 0 Å². The molecule has 0 fully saturated rings. The van der Waals surface area contributed by atoms with Crippen LogP contribution in [-0.4, -0.2) is 24.8 Å². The fourth-order valence-electron chi connectivity index (χ4n) is 3.64. The van der Waals surface area contributed by atoms with E-state index in [-0.39, 0.29) is 33.2 Å². The second-order valence-electron chi connectivity index (χ2n) is 7.41. The first-order chi connectivity index (χ1) is 15.8. The molecule has 10 nitrogen and oxygen atoms in total. The normalized spacial score (nSPS) is 11.6. The Morgan fingerprint density at radius 3 is 2.73 bits per heavy atom. The number of hydrogen-bond acceptors (Lipinski definition) is 6. The molecule has 0 aliphatic heterocycles. The van der Waals surface area contributed by atoms with Crippen molar-refractivity contribution >= 4 is 28.3 Å². The predicted molar refractivity (Wildman–Crippen MR) is 120 cm³/mol. The molecule has 0 N–H and O–H groups in total. The van der Waals surface area contributed by atoms with E-state index in [4.69, 9.17) is 0 Å². The molecule has 0 saturated carbocycles. The maximum Gasteiger partial charge on any atom is 0.279 e. The minimum Gasteiger partial charge on any atom is -0.309 e. The van der Waals surface area contributed by atoms with Crippen LogP contribution in [0, 0.1) is 28.4 Å². The lowest BCUT2D eigenvalue weighted by Gasteiger charge is -2.13. The molecule has 0 aliphatic carbocycles. The molecule has 33 heavy (non-hydrogen) atoms. The first-order valence-corrected chi connectivity index (χ1v) is 10.1. The number of nitro groups is 1. The van der Waals surface area contributed by atoms with E-state index in [9.17, 15) is 25.0 Å². The van der Waals surface area contributed by atoms with Gasteiger partial charge < -0.3 is 4.57 Å². The van der Waals surface area contributed by atoms with Gasteiger partial charge in [-0.15, -0.1) is 0 Å². The summed E-state index contributed by atoms with van der Waals surface area (Å²) in [6.07, 6.45) is 2.23. The Labute approximate surface area is 186 Å². The largest absolute Gasteiger partial charge is 0.309 e. The second kappa shape index (κ2) is 8.47. The smallest absolute Gasteiger partial charge is 0.279 e. The maximum absolute atomic E-state index is 13.2. The first-order valence-electron chi connectivity index (χ1n) is 10.1. The summed E-state index contributed by atoms with van der Waals surface area (Å²) < 4.78 is 3.00. The van der Waals surface area contributed by atoms with E-state index < -0.39 is 10.8 Å². The molecule has 3 heterocycles. The van der Waals surface area contributed by atoms with Gasteiger partial charge in [0.15, 0.2) is 5.49 Å². The van der Waals surface area contributed by atoms with Gasteiger partial charge in [0.1, 0.15) is 17.4 Å². The zero-order valence-corrected chi connectivity index (χ0v) is 17.8. The lowest BCUT2D eigenvalue weighted by Crippen LogP contribution is -2.29. The molecule has 3 aromatic heterocycles. The van der Waals surface area contributed by atoms with Crippen molar-refractivity contribution in [2.75, 3.05) is 0 Å². The number of carbonyl (C=O) groups is 1. The molecule has 0 atom stereocenters. The van der Waals surface area contributed by atoms with Gasteiger partial charge in [-0.25, -0.2) is 4.98 Å². The summed E-state index contributed by atoms with van der Waals surface area (Å²) in [7, 11) is 0. The van der Waals surface area contributed by atoms with Crippen LogP contribution < -0.4 is 11.0 Å². The number of amides is 1. The fourth-order valence-corrected chi connectivity index (χ4v) is 3.64. The predicted octanol–water partition coefficient (Wildman–Crippen LogP) is 2.89. The summed E-state index contributed by atoms with van der Waals surface area (Å²) in [5, 5.41) is 21.1. The third-order valence-corrected chi connectivity index (χ3v) is 5.18. The number of aryl methyl sites for hydroxylation is 2. The average Bonchev–Trinajstić information content (AvgIpc) is 2.81. The summed E-state index contributed by atoms with van der Waals surface area (Å²) >= 11 is 0. The van der Waals surface area contributed by atoms with Gasteiger partial charge in [0.2, 0.25) is 0 Å². The molecule has 10 heteroatoms. The highest BCUT2D eigenvalue weighted by molar-refractivity contribution is 5.95. The van der Waals surface area contributed by atoms with Crippen molar-refractivity contribution < 1.29 is 9.72 Å². The second-order valence-corrected chi connectivity index (χ2v) is 7.41. The molecule has 0 radical (unpaired) electrons. The van der Waals surface area contributed by atoms with Crippen LogP contribution in [0.25, 0.3) is 16.7 Å². The maximum atomic E-state index is 13.2. The third-order valence-electron chi connectivity index (χ3n) is 5.18. The minimum absolute atomic E-state index is 0.0126. The Bertz CT molecular complexity index is 1620. The van der Waals surface area contributed by atoms with Crippen LogP contribution in [0.5, 0.6) is 0 Å². The van der Waals surface area contributed by atoms with Crippen LogP contribution in [-0.2, 0) is 6.54 Å². The van der Waals surface area contributed by atoms with Gasteiger partial charge in [-0.05, 0) is 37.1 Å². The summed E-state index contributed by atoms with van der Waals surface area (Å²) in [5.74, 6) is -0.743. The number of pyridine rings is 2. The van der Waals surface area contributed by atoms with E-state index in [2.05, 4.69) is 9.98 Å². The van der Waals surface area contributed by atoms with Crippen molar-refractivity contribution in [3.63, 3.8) is 0 Å². The van der Waals surface area contributed by atoms with Gasteiger partial charge in [-0.1, -0.05) is 19.1 Å². The number of nitrogens with zero attached hydrogens (tertiary/aromatic N) is 6. The summed E-state index contributed by atoms with van der Waals surface area (Å²) in [5.41, 5.74) is 1.06. The number of fused-ring (bicyclic) bond motifs is 2. The standard InChI is InChI=1S/C23H18N6O4/c1-3-9-27-20(26-22(30)15-7-4-8-17(11-15)29(32)33)16(13-24)12-18-21(27)25-19-14(2)6-5-10-28(19)23(18)31/h4-8,10-12H,3,9H2,1-2H3. The monoisotopic (exact) mass is 442 g/mol. The highest BCUT2D eigenvalue weighted by Crippen LogP contribution is 2.15. The van der Waals surface area contributed by atoms with Gasteiger partial charge in [-0.3, -0.25) is 24.1 Å². The van der Waals surface area contributed by atoms with Gasteiger partial charge in [0.05, 0.1) is 15.9 Å². The first kappa shape index (κ1) is 21.6. The number of rotatable bonds is 4. The molecular weight excluding hydrogens is 424 g/mol. The van der Waals surface area contributed by atoms with E-state index in [1.807, 2.05) is 26.0 Å². The molecule has 0 bridgehead atoms. The van der Waals surface area contributed by atoms with Crippen molar-refractivity contribution in [1.82, 2.24) is 14.0 Å².